The molecule has 0 radical (unpaired) electrons. The maximum absolute atomic E-state index is 9.40. The number of aliphatic hydroxyl groups is 1. The quantitative estimate of drug-likeness (QED) is 0.841. The predicted molar refractivity (Wildman–Crippen MR) is 59.6 cm³/mol. The van der Waals surface area contributed by atoms with Crippen LogP contribution in [0.15, 0.2) is 5.38 Å². The Kier molecular flexibility index (Phi) is 3.66. The van der Waals surface area contributed by atoms with Crippen LogP contribution < -0.4 is 0 Å². The molecule has 15 heavy (non-hydrogen) atoms. The van der Waals surface area contributed by atoms with E-state index >= 15 is 0 Å². The van der Waals surface area contributed by atoms with Crippen molar-refractivity contribution in [3.8, 4) is 0 Å². The Morgan fingerprint density at radius 3 is 3.27 bits per heavy atom. The van der Waals surface area contributed by atoms with Crippen LogP contribution in [0.2, 0.25) is 0 Å². The molecule has 1 fully saturated rings. The molecular weight excluding hydrogens is 210 g/mol. The van der Waals surface area contributed by atoms with Gasteiger partial charge >= 0.3 is 0 Å². The first kappa shape index (κ1) is 11.0. The lowest BCUT2D eigenvalue weighted by Gasteiger charge is -2.24. The third kappa shape index (κ3) is 2.96. The molecule has 2 rings (SSSR count). The van der Waals surface area contributed by atoms with E-state index in [1.807, 2.05) is 12.3 Å². The van der Waals surface area contributed by atoms with Crippen LogP contribution in [-0.4, -0.2) is 38.3 Å². The van der Waals surface area contributed by atoms with E-state index in [9.17, 15) is 5.11 Å². The smallest absolute Gasteiger partial charge is 0.0895 e. The van der Waals surface area contributed by atoms with Crippen LogP contribution in [0.25, 0.3) is 0 Å². The summed E-state index contributed by atoms with van der Waals surface area (Å²) < 4.78 is 3.87. The van der Waals surface area contributed by atoms with E-state index in [4.69, 9.17) is 0 Å². The zero-order valence-corrected chi connectivity index (χ0v) is 9.78. The van der Waals surface area contributed by atoms with Gasteiger partial charge in [0.15, 0.2) is 0 Å². The highest BCUT2D eigenvalue weighted by Crippen LogP contribution is 2.23. The number of aliphatic hydroxyl groups excluding tert-OH is 1. The first-order valence-corrected chi connectivity index (χ1v) is 6.27. The standard InChI is InChI=1S/C10H17N3OS/c1-8(14)5-10-3-2-4-13(10)6-9-7-15-12-11-9/h7-8,10,14H,2-6H2,1H3. The molecule has 1 saturated heterocycles. The van der Waals surface area contributed by atoms with Crippen LogP contribution in [0.1, 0.15) is 31.9 Å². The van der Waals surface area contributed by atoms with Crippen LogP contribution in [0.3, 0.4) is 0 Å². The van der Waals surface area contributed by atoms with E-state index in [2.05, 4.69) is 14.5 Å². The fourth-order valence-corrected chi connectivity index (χ4v) is 2.67. The van der Waals surface area contributed by atoms with Crippen LogP contribution in [0.5, 0.6) is 0 Å². The van der Waals surface area contributed by atoms with E-state index in [0.717, 1.165) is 25.2 Å². The SMILES string of the molecule is CC(O)CC1CCCN1Cc1csnn1. The topological polar surface area (TPSA) is 49.2 Å². The molecule has 0 amide bonds. The Hall–Kier alpha value is -0.520. The van der Waals surface area contributed by atoms with Crippen molar-refractivity contribution in [1.29, 1.82) is 0 Å². The summed E-state index contributed by atoms with van der Waals surface area (Å²) in [5.74, 6) is 0. The highest BCUT2D eigenvalue weighted by atomic mass is 32.1. The average molecular weight is 227 g/mol. The molecule has 0 saturated carbocycles. The van der Waals surface area contributed by atoms with Gasteiger partial charge in [0.05, 0.1) is 11.8 Å². The lowest BCUT2D eigenvalue weighted by Crippen LogP contribution is -2.31. The summed E-state index contributed by atoms with van der Waals surface area (Å²) in [7, 11) is 0. The zero-order chi connectivity index (χ0) is 10.7. The van der Waals surface area contributed by atoms with Gasteiger partial charge in [-0.15, -0.1) is 5.10 Å². The Morgan fingerprint density at radius 2 is 2.60 bits per heavy atom. The Bertz CT molecular complexity index is 289. The zero-order valence-electron chi connectivity index (χ0n) is 8.96. The lowest BCUT2D eigenvalue weighted by atomic mass is 10.1. The van der Waals surface area contributed by atoms with Crippen LogP contribution in [0.4, 0.5) is 0 Å². The highest BCUT2D eigenvalue weighted by molar-refractivity contribution is 7.03. The molecule has 2 heterocycles. The van der Waals surface area contributed by atoms with Gasteiger partial charge in [0.2, 0.25) is 0 Å². The van der Waals surface area contributed by atoms with Crippen molar-refractivity contribution in [2.24, 2.45) is 0 Å². The maximum Gasteiger partial charge on any atom is 0.0895 e. The first-order chi connectivity index (χ1) is 7.25. The number of rotatable bonds is 4. The Balaban J connectivity index is 1.90. The molecule has 5 heteroatoms. The first-order valence-electron chi connectivity index (χ1n) is 5.44. The molecule has 0 spiro atoms. The van der Waals surface area contributed by atoms with Gasteiger partial charge in [-0.2, -0.15) is 0 Å². The molecular formula is C10H17N3OS. The van der Waals surface area contributed by atoms with Crippen LogP contribution in [0, 0.1) is 0 Å². The van der Waals surface area contributed by atoms with Gasteiger partial charge in [0.1, 0.15) is 0 Å². The third-order valence-corrected chi connectivity index (χ3v) is 3.44. The predicted octanol–water partition coefficient (Wildman–Crippen LogP) is 1.27. The molecule has 0 aromatic carbocycles. The van der Waals surface area contributed by atoms with E-state index in [0.29, 0.717) is 6.04 Å². The molecule has 2 atom stereocenters. The fourth-order valence-electron chi connectivity index (χ4n) is 2.22. The van der Waals surface area contributed by atoms with E-state index in [-0.39, 0.29) is 6.10 Å². The van der Waals surface area contributed by atoms with Crippen molar-refractivity contribution in [3.63, 3.8) is 0 Å². The summed E-state index contributed by atoms with van der Waals surface area (Å²) >= 11 is 1.40. The lowest BCUT2D eigenvalue weighted by molar-refractivity contribution is 0.130. The monoisotopic (exact) mass is 227 g/mol. The molecule has 1 N–H and O–H groups in total. The van der Waals surface area contributed by atoms with E-state index in [1.165, 1.54) is 24.4 Å². The minimum Gasteiger partial charge on any atom is -0.393 e. The van der Waals surface area contributed by atoms with Crippen LogP contribution in [-0.2, 0) is 6.54 Å². The Morgan fingerprint density at radius 1 is 1.73 bits per heavy atom. The maximum atomic E-state index is 9.40. The summed E-state index contributed by atoms with van der Waals surface area (Å²) in [5.41, 5.74) is 1.05. The molecule has 4 nitrogen and oxygen atoms in total. The molecule has 1 aromatic rings. The molecule has 84 valence electrons. The van der Waals surface area contributed by atoms with Crippen molar-refractivity contribution in [3.05, 3.63) is 11.1 Å². The Labute approximate surface area is 94.1 Å². The number of hydrogen-bond donors (Lipinski definition) is 1. The normalized spacial score (nSPS) is 24.5. The summed E-state index contributed by atoms with van der Waals surface area (Å²) in [5, 5.41) is 15.5. The number of likely N-dealkylation sites (tertiary alicyclic amines) is 1. The van der Waals surface area contributed by atoms with Crippen molar-refractivity contribution >= 4 is 11.5 Å². The van der Waals surface area contributed by atoms with Crippen molar-refractivity contribution in [1.82, 2.24) is 14.5 Å². The second-order valence-corrected chi connectivity index (χ2v) is 4.86. The average Bonchev–Trinajstić information content (AvgIpc) is 2.78. The van der Waals surface area contributed by atoms with Gasteiger partial charge in [0, 0.05) is 18.0 Å². The van der Waals surface area contributed by atoms with Crippen molar-refractivity contribution in [2.45, 2.75) is 44.9 Å². The molecule has 1 aliphatic heterocycles. The summed E-state index contributed by atoms with van der Waals surface area (Å²) in [4.78, 5) is 2.41. The van der Waals surface area contributed by atoms with Gasteiger partial charge in [-0.1, -0.05) is 4.49 Å². The van der Waals surface area contributed by atoms with E-state index in [1.54, 1.807) is 0 Å². The van der Waals surface area contributed by atoms with Crippen molar-refractivity contribution in [2.75, 3.05) is 6.54 Å². The second kappa shape index (κ2) is 5.01. The molecule has 2 unspecified atom stereocenters. The number of aromatic nitrogens is 2. The van der Waals surface area contributed by atoms with Gasteiger partial charge in [-0.3, -0.25) is 4.90 Å². The molecule has 1 aliphatic rings. The van der Waals surface area contributed by atoms with Gasteiger partial charge in [0.25, 0.3) is 0 Å². The summed E-state index contributed by atoms with van der Waals surface area (Å²) in [6, 6.07) is 0.520. The molecule has 1 aromatic heterocycles. The van der Waals surface area contributed by atoms with Gasteiger partial charge in [-0.25, -0.2) is 0 Å². The number of nitrogens with zero attached hydrogens (tertiary/aromatic N) is 3. The summed E-state index contributed by atoms with van der Waals surface area (Å²) in [6.45, 7) is 3.86. The highest BCUT2D eigenvalue weighted by Gasteiger charge is 2.25. The molecule has 0 aliphatic carbocycles. The van der Waals surface area contributed by atoms with Gasteiger partial charge < -0.3 is 5.11 Å². The minimum atomic E-state index is -0.204. The van der Waals surface area contributed by atoms with Gasteiger partial charge in [-0.05, 0) is 44.3 Å². The third-order valence-electron chi connectivity index (χ3n) is 2.88. The fraction of sp³-hybridized carbons (Fsp3) is 0.800. The minimum absolute atomic E-state index is 0.204. The summed E-state index contributed by atoms with van der Waals surface area (Å²) in [6.07, 6.45) is 3.10. The largest absolute Gasteiger partial charge is 0.393 e. The van der Waals surface area contributed by atoms with Crippen molar-refractivity contribution < 1.29 is 5.11 Å². The molecule has 0 bridgehead atoms. The van der Waals surface area contributed by atoms with Crippen LogP contribution >= 0.6 is 11.5 Å². The second-order valence-electron chi connectivity index (χ2n) is 4.25. The van der Waals surface area contributed by atoms with E-state index < -0.39 is 0 Å². The number of hydrogen-bond acceptors (Lipinski definition) is 5.